The maximum Gasteiger partial charge on any atom is 0.0852 e. The van der Waals surface area contributed by atoms with Gasteiger partial charge >= 0.3 is 0 Å². The fraction of sp³-hybridized carbons (Fsp3) is 0.167. The minimum absolute atomic E-state index is 1.25. The van der Waals surface area contributed by atoms with E-state index in [2.05, 4.69) is 4.99 Å². The average Bonchev–Trinajstić information content (AvgIpc) is 1.81. The van der Waals surface area contributed by atoms with Gasteiger partial charge in [0.2, 0.25) is 0 Å². The van der Waals surface area contributed by atoms with Crippen molar-refractivity contribution >= 4 is 6.34 Å². The Morgan fingerprint density at radius 2 is 2.12 bits per heavy atom. The third-order valence-corrected chi connectivity index (χ3v) is 0.562. The van der Waals surface area contributed by atoms with E-state index in [1.54, 1.807) is 6.20 Å². The lowest BCUT2D eigenvalue weighted by atomic mass is 10.5. The molecule has 0 fully saturated rings. The summed E-state index contributed by atoms with van der Waals surface area (Å²) in [7, 11) is 0. The minimum Gasteiger partial charge on any atom is -0.390 e. The topological polar surface area (TPSA) is 38.4 Å². The normalized spacial score (nSPS) is 12.6. The van der Waals surface area contributed by atoms with Crippen molar-refractivity contribution in [2.24, 2.45) is 10.7 Å². The third-order valence-electron chi connectivity index (χ3n) is 0.562. The molecule has 0 bridgehead atoms. The molecule has 0 saturated carbocycles. The zero-order chi connectivity index (χ0) is 6.24. The molecule has 2 heteroatoms. The molecule has 0 aromatic rings. The largest absolute Gasteiger partial charge is 0.390 e. The standard InChI is InChI=1S/C6H10N2/c1-2-3-4-5-8-6-7/h2-6H,1H3,(H2,7,8)/b3-2-,5-4?. The molecule has 0 aliphatic rings. The van der Waals surface area contributed by atoms with Crippen LogP contribution in [0.5, 0.6) is 0 Å². The Hall–Kier alpha value is -1.05. The monoisotopic (exact) mass is 110 g/mol. The predicted octanol–water partition coefficient (Wildman–Crippen LogP) is 1.06. The number of hydrogen-bond donors (Lipinski definition) is 1. The Bertz CT molecular complexity index is 97.7. The van der Waals surface area contributed by atoms with Crippen LogP contribution >= 0.6 is 0 Å². The van der Waals surface area contributed by atoms with Gasteiger partial charge < -0.3 is 5.73 Å². The summed E-state index contributed by atoms with van der Waals surface area (Å²) in [6, 6.07) is 0. The highest BCUT2D eigenvalue weighted by Crippen LogP contribution is 1.74. The van der Waals surface area contributed by atoms with Crippen molar-refractivity contribution in [2.45, 2.75) is 6.92 Å². The van der Waals surface area contributed by atoms with E-state index in [0.29, 0.717) is 0 Å². The van der Waals surface area contributed by atoms with Crippen molar-refractivity contribution < 1.29 is 0 Å². The van der Waals surface area contributed by atoms with Crippen LogP contribution < -0.4 is 5.73 Å². The summed E-state index contributed by atoms with van der Waals surface area (Å²) in [5.74, 6) is 0. The molecule has 0 aromatic carbocycles. The van der Waals surface area contributed by atoms with Crippen molar-refractivity contribution in [1.82, 2.24) is 0 Å². The van der Waals surface area contributed by atoms with E-state index >= 15 is 0 Å². The molecule has 2 N–H and O–H groups in total. The Balaban J connectivity index is 3.35. The van der Waals surface area contributed by atoms with Crippen molar-refractivity contribution in [1.29, 1.82) is 0 Å². The minimum atomic E-state index is 1.25. The lowest BCUT2D eigenvalue weighted by Crippen LogP contribution is -1.84. The van der Waals surface area contributed by atoms with Crippen LogP contribution in [0.15, 0.2) is 29.4 Å². The average molecular weight is 110 g/mol. The summed E-state index contributed by atoms with van der Waals surface area (Å²) < 4.78 is 0. The van der Waals surface area contributed by atoms with Crippen LogP contribution in [0.4, 0.5) is 0 Å². The zero-order valence-corrected chi connectivity index (χ0v) is 4.91. The summed E-state index contributed by atoms with van der Waals surface area (Å²) in [5, 5.41) is 0. The van der Waals surface area contributed by atoms with Crippen LogP contribution in [0.1, 0.15) is 6.92 Å². The first-order valence-corrected chi connectivity index (χ1v) is 2.43. The summed E-state index contributed by atoms with van der Waals surface area (Å²) >= 11 is 0. The van der Waals surface area contributed by atoms with E-state index in [4.69, 9.17) is 5.73 Å². The van der Waals surface area contributed by atoms with Crippen LogP contribution in [-0.4, -0.2) is 6.34 Å². The highest BCUT2D eigenvalue weighted by atomic mass is 14.8. The molecule has 0 aliphatic heterocycles. The van der Waals surface area contributed by atoms with E-state index < -0.39 is 0 Å². The van der Waals surface area contributed by atoms with E-state index in [1.165, 1.54) is 6.34 Å². The fourth-order valence-corrected chi connectivity index (χ4v) is 0.260. The molecule has 0 unspecified atom stereocenters. The van der Waals surface area contributed by atoms with Crippen LogP contribution in [0.25, 0.3) is 0 Å². The smallest absolute Gasteiger partial charge is 0.0852 e. The van der Waals surface area contributed by atoms with Crippen LogP contribution in [0, 0.1) is 0 Å². The number of hydrogen-bond acceptors (Lipinski definition) is 1. The summed E-state index contributed by atoms with van der Waals surface area (Å²) in [5.41, 5.74) is 4.94. The second kappa shape index (κ2) is 5.95. The van der Waals surface area contributed by atoms with Gasteiger partial charge in [0.05, 0.1) is 6.34 Å². The van der Waals surface area contributed by atoms with Crippen molar-refractivity contribution in [3.63, 3.8) is 0 Å². The highest BCUT2D eigenvalue weighted by Gasteiger charge is 1.55. The molecule has 2 nitrogen and oxygen atoms in total. The van der Waals surface area contributed by atoms with E-state index in [9.17, 15) is 0 Å². The molecule has 0 aliphatic carbocycles. The van der Waals surface area contributed by atoms with Crippen molar-refractivity contribution in [2.75, 3.05) is 0 Å². The first kappa shape index (κ1) is 6.95. The number of aliphatic imine (C=N–C) groups is 1. The Kier molecular flexibility index (Phi) is 5.17. The van der Waals surface area contributed by atoms with E-state index in [0.717, 1.165) is 0 Å². The molecule has 0 atom stereocenters. The highest BCUT2D eigenvalue weighted by molar-refractivity contribution is 5.52. The first-order valence-electron chi connectivity index (χ1n) is 2.43. The van der Waals surface area contributed by atoms with Gasteiger partial charge in [0.25, 0.3) is 0 Å². The maximum atomic E-state index is 4.94. The summed E-state index contributed by atoms with van der Waals surface area (Å²) in [6.45, 7) is 1.94. The molecule has 0 amide bonds. The van der Waals surface area contributed by atoms with Crippen LogP contribution in [0.3, 0.4) is 0 Å². The molecule has 0 heterocycles. The van der Waals surface area contributed by atoms with Gasteiger partial charge in [0.1, 0.15) is 0 Å². The van der Waals surface area contributed by atoms with Gasteiger partial charge in [-0.25, -0.2) is 4.99 Å². The van der Waals surface area contributed by atoms with Gasteiger partial charge in [-0.3, -0.25) is 0 Å². The number of nitrogens with zero attached hydrogens (tertiary/aromatic N) is 1. The van der Waals surface area contributed by atoms with E-state index in [1.807, 2.05) is 25.2 Å². The third kappa shape index (κ3) is 4.95. The molecule has 0 saturated heterocycles. The predicted molar refractivity (Wildman–Crippen MR) is 36.6 cm³/mol. The van der Waals surface area contributed by atoms with Gasteiger partial charge in [-0.1, -0.05) is 12.2 Å². The number of rotatable bonds is 2. The SMILES string of the molecule is C/C=C\C=CN=CN. The Morgan fingerprint density at radius 1 is 1.38 bits per heavy atom. The molecule has 44 valence electrons. The molecule has 0 radical (unpaired) electrons. The Labute approximate surface area is 49.4 Å². The number of nitrogens with two attached hydrogens (primary N) is 1. The first-order chi connectivity index (χ1) is 3.91. The summed E-state index contributed by atoms with van der Waals surface area (Å²) in [4.78, 5) is 3.63. The molecule has 0 aromatic heterocycles. The van der Waals surface area contributed by atoms with Crippen molar-refractivity contribution in [3.05, 3.63) is 24.4 Å². The quantitative estimate of drug-likeness (QED) is 0.322. The van der Waals surface area contributed by atoms with Gasteiger partial charge in [-0.05, 0) is 13.0 Å². The molecular weight excluding hydrogens is 100 g/mol. The molecule has 0 rings (SSSR count). The van der Waals surface area contributed by atoms with Gasteiger partial charge in [0.15, 0.2) is 0 Å². The second-order valence-corrected chi connectivity index (χ2v) is 1.17. The molecule has 0 spiro atoms. The van der Waals surface area contributed by atoms with Gasteiger partial charge in [0, 0.05) is 6.20 Å². The van der Waals surface area contributed by atoms with Crippen LogP contribution in [0.2, 0.25) is 0 Å². The van der Waals surface area contributed by atoms with Crippen molar-refractivity contribution in [3.8, 4) is 0 Å². The van der Waals surface area contributed by atoms with E-state index in [-0.39, 0.29) is 0 Å². The Morgan fingerprint density at radius 3 is 2.62 bits per heavy atom. The zero-order valence-electron chi connectivity index (χ0n) is 4.91. The second-order valence-electron chi connectivity index (χ2n) is 1.17. The lowest BCUT2D eigenvalue weighted by molar-refractivity contribution is 1.55. The number of allylic oxidation sites excluding steroid dienone is 3. The fourth-order valence-electron chi connectivity index (χ4n) is 0.260. The molecular formula is C6H10N2. The maximum absolute atomic E-state index is 4.94. The van der Waals surface area contributed by atoms with Crippen LogP contribution in [-0.2, 0) is 0 Å². The summed E-state index contributed by atoms with van der Waals surface area (Å²) in [6.07, 6.45) is 8.49. The molecule has 8 heavy (non-hydrogen) atoms. The van der Waals surface area contributed by atoms with Gasteiger partial charge in [-0.15, -0.1) is 0 Å². The van der Waals surface area contributed by atoms with Gasteiger partial charge in [-0.2, -0.15) is 0 Å². The lowest BCUT2D eigenvalue weighted by Gasteiger charge is -1.69.